The van der Waals surface area contributed by atoms with Gasteiger partial charge in [-0.2, -0.15) is 0 Å². The van der Waals surface area contributed by atoms with E-state index in [-0.39, 0.29) is 29.7 Å². The number of nitrogens with zero attached hydrogens (tertiary/aromatic N) is 3. The maximum atomic E-state index is 13.2. The zero-order valence-corrected chi connectivity index (χ0v) is 20.8. The van der Waals surface area contributed by atoms with Gasteiger partial charge in [0.05, 0.1) is 11.9 Å². The number of piperazine rings is 1. The zero-order valence-electron chi connectivity index (χ0n) is 19.3. The van der Waals surface area contributed by atoms with Crippen LogP contribution in [-0.4, -0.2) is 45.9 Å². The lowest BCUT2D eigenvalue weighted by atomic mass is 10.1. The minimum atomic E-state index is -0.502. The fraction of sp³-hybridized carbons (Fsp3) is 0.320. The van der Waals surface area contributed by atoms with E-state index in [1.54, 1.807) is 24.4 Å². The van der Waals surface area contributed by atoms with Crippen LogP contribution in [0.25, 0.3) is 11.3 Å². The molecule has 0 spiro atoms. The minimum absolute atomic E-state index is 0.0103. The highest BCUT2D eigenvalue weighted by Crippen LogP contribution is 2.34. The molecule has 1 saturated heterocycles. The molecule has 0 radical (unpaired) electrons. The number of aromatic nitrogens is 2. The van der Waals surface area contributed by atoms with Gasteiger partial charge in [0.1, 0.15) is 6.10 Å². The molecule has 3 atom stereocenters. The van der Waals surface area contributed by atoms with Gasteiger partial charge in [-0.3, -0.25) is 4.79 Å². The molecule has 9 heteroatoms. The van der Waals surface area contributed by atoms with E-state index in [1.165, 1.54) is 0 Å². The molecule has 0 bridgehead atoms. The Hall–Kier alpha value is -2.87. The van der Waals surface area contributed by atoms with Crippen LogP contribution in [0.15, 0.2) is 48.7 Å². The number of ether oxygens (including phenoxy) is 1. The number of nitrogens with one attached hydrogen (secondary N) is 1. The second-order valence-electron chi connectivity index (χ2n) is 8.60. The van der Waals surface area contributed by atoms with Crippen LogP contribution in [0.4, 0.5) is 5.82 Å². The minimum Gasteiger partial charge on any atom is -0.467 e. The molecule has 3 unspecified atom stereocenters. The van der Waals surface area contributed by atoms with Gasteiger partial charge in [0.15, 0.2) is 5.82 Å². The summed E-state index contributed by atoms with van der Waals surface area (Å²) in [5.74, 6) is 0.307. The number of carbonyl (C=O) groups excluding carboxylic acids is 1. The Morgan fingerprint density at radius 2 is 1.79 bits per heavy atom. The van der Waals surface area contributed by atoms with Crippen LogP contribution in [-0.2, 0) is 0 Å². The van der Waals surface area contributed by atoms with E-state index < -0.39 is 6.10 Å². The van der Waals surface area contributed by atoms with Crippen LogP contribution < -0.4 is 15.8 Å². The van der Waals surface area contributed by atoms with E-state index in [1.807, 2.05) is 36.1 Å². The van der Waals surface area contributed by atoms with E-state index in [4.69, 9.17) is 33.7 Å². The van der Waals surface area contributed by atoms with E-state index in [2.05, 4.69) is 29.1 Å². The average Bonchev–Trinajstić information content (AvgIpc) is 2.79. The number of carbonyl (C=O) groups is 1. The molecule has 2 aromatic carbocycles. The first-order chi connectivity index (χ1) is 16.2. The van der Waals surface area contributed by atoms with Gasteiger partial charge in [-0.1, -0.05) is 41.4 Å². The van der Waals surface area contributed by atoms with Gasteiger partial charge >= 0.3 is 0 Å². The Kier molecular flexibility index (Phi) is 7.26. The third kappa shape index (κ3) is 5.27. The second kappa shape index (κ2) is 10.2. The van der Waals surface area contributed by atoms with Crippen molar-refractivity contribution in [1.82, 2.24) is 20.2 Å². The molecule has 1 aliphatic heterocycles. The lowest BCUT2D eigenvalue weighted by Crippen LogP contribution is -2.55. The number of halogens is 2. The largest absolute Gasteiger partial charge is 0.467 e. The molecule has 7 nitrogen and oxygen atoms in total. The van der Waals surface area contributed by atoms with Crippen LogP contribution >= 0.6 is 23.2 Å². The Morgan fingerprint density at radius 3 is 2.47 bits per heavy atom. The lowest BCUT2D eigenvalue weighted by Gasteiger charge is -2.36. The van der Waals surface area contributed by atoms with Crippen molar-refractivity contribution in [1.29, 1.82) is 0 Å². The van der Waals surface area contributed by atoms with Crippen LogP contribution in [0.5, 0.6) is 5.88 Å². The first-order valence-electron chi connectivity index (χ1n) is 11.1. The Balaban J connectivity index is 1.59. The summed E-state index contributed by atoms with van der Waals surface area (Å²) < 4.78 is 6.00. The normalized spacial score (nSPS) is 19.0. The van der Waals surface area contributed by atoms with Crippen molar-refractivity contribution >= 4 is 34.9 Å². The zero-order chi connectivity index (χ0) is 24.4. The van der Waals surface area contributed by atoms with E-state index in [9.17, 15) is 4.79 Å². The molecule has 2 heterocycles. The molecule has 0 aliphatic carbocycles. The monoisotopic (exact) mass is 499 g/mol. The molecule has 3 N–H and O–H groups in total. The van der Waals surface area contributed by atoms with E-state index >= 15 is 0 Å². The first-order valence-corrected chi connectivity index (χ1v) is 11.9. The Bertz CT molecular complexity index is 1180. The summed E-state index contributed by atoms with van der Waals surface area (Å²) in [7, 11) is 0. The molecule has 1 amide bonds. The molecule has 1 fully saturated rings. The summed E-state index contributed by atoms with van der Waals surface area (Å²) in [6.45, 7) is 7.30. The van der Waals surface area contributed by atoms with Crippen molar-refractivity contribution in [3.63, 3.8) is 0 Å². The highest BCUT2D eigenvalue weighted by molar-refractivity contribution is 6.36. The summed E-state index contributed by atoms with van der Waals surface area (Å²) in [6, 6.07) is 13.1. The van der Waals surface area contributed by atoms with Crippen molar-refractivity contribution in [3.05, 3.63) is 69.8 Å². The molecule has 1 aromatic heterocycles. The number of hydrogen-bond donors (Lipinski definition) is 2. The SMILES string of the molecule is CC1CN(C(=O)c2cccc(-c3cnc(N)c(OC(C)c4c(Cl)cccc4Cl)n3)c2)CC(C)N1. The van der Waals surface area contributed by atoms with Crippen LogP contribution in [0.2, 0.25) is 10.0 Å². The second-order valence-corrected chi connectivity index (χ2v) is 9.42. The molecule has 4 rings (SSSR count). The highest BCUT2D eigenvalue weighted by Gasteiger charge is 2.26. The molecule has 0 saturated carbocycles. The molecular weight excluding hydrogens is 473 g/mol. The quantitative estimate of drug-likeness (QED) is 0.513. The van der Waals surface area contributed by atoms with Crippen molar-refractivity contribution in [3.8, 4) is 17.1 Å². The van der Waals surface area contributed by atoms with Crippen LogP contribution in [0.3, 0.4) is 0 Å². The molecule has 178 valence electrons. The summed E-state index contributed by atoms with van der Waals surface area (Å²) in [6.07, 6.45) is 1.06. The van der Waals surface area contributed by atoms with Crippen molar-refractivity contribution in [2.45, 2.75) is 39.0 Å². The molecular formula is C25H27Cl2N5O2. The number of amides is 1. The topological polar surface area (TPSA) is 93.4 Å². The fourth-order valence-corrected chi connectivity index (χ4v) is 4.92. The Labute approximate surface area is 209 Å². The summed E-state index contributed by atoms with van der Waals surface area (Å²) in [5.41, 5.74) is 8.56. The van der Waals surface area contributed by atoms with Gasteiger partial charge in [-0.05, 0) is 45.0 Å². The number of hydrogen-bond acceptors (Lipinski definition) is 6. The maximum Gasteiger partial charge on any atom is 0.258 e. The predicted octanol–water partition coefficient (Wildman–Crippen LogP) is 5.00. The lowest BCUT2D eigenvalue weighted by molar-refractivity contribution is 0.0674. The van der Waals surface area contributed by atoms with Crippen molar-refractivity contribution in [2.24, 2.45) is 0 Å². The van der Waals surface area contributed by atoms with Gasteiger partial charge in [0.2, 0.25) is 0 Å². The summed E-state index contributed by atoms with van der Waals surface area (Å²) in [5, 5.41) is 4.43. The number of anilines is 1. The van der Waals surface area contributed by atoms with Gasteiger partial charge in [0.25, 0.3) is 11.8 Å². The summed E-state index contributed by atoms with van der Waals surface area (Å²) >= 11 is 12.6. The third-order valence-corrected chi connectivity index (χ3v) is 6.37. The smallest absolute Gasteiger partial charge is 0.258 e. The maximum absolute atomic E-state index is 13.2. The first kappa shape index (κ1) is 24.3. The van der Waals surface area contributed by atoms with Crippen LogP contribution in [0, 0.1) is 0 Å². The number of nitrogens with two attached hydrogens (primary N) is 1. The molecule has 3 aromatic rings. The third-order valence-electron chi connectivity index (χ3n) is 5.71. The average molecular weight is 500 g/mol. The van der Waals surface area contributed by atoms with Crippen LogP contribution in [0.1, 0.15) is 42.8 Å². The predicted molar refractivity (Wildman–Crippen MR) is 135 cm³/mol. The van der Waals surface area contributed by atoms with E-state index in [0.717, 1.165) is 5.56 Å². The number of nitrogen functional groups attached to an aromatic ring is 1. The fourth-order valence-electron chi connectivity index (χ4n) is 4.22. The van der Waals surface area contributed by atoms with Crippen molar-refractivity contribution < 1.29 is 9.53 Å². The standard InChI is InChI=1S/C25H27Cl2N5O2/c1-14-12-32(13-15(2)30-14)25(33)18-7-4-6-17(10-18)21-11-29-23(28)24(31-21)34-16(3)22-19(26)8-5-9-20(22)27/h4-11,14-16,30H,12-13H2,1-3H3,(H2,28,29). The van der Waals surface area contributed by atoms with Gasteiger partial charge in [-0.25, -0.2) is 9.97 Å². The van der Waals surface area contributed by atoms with Gasteiger partial charge < -0.3 is 20.7 Å². The number of benzene rings is 2. The van der Waals surface area contributed by atoms with Crippen molar-refractivity contribution in [2.75, 3.05) is 18.8 Å². The van der Waals surface area contributed by atoms with Gasteiger partial charge in [0, 0.05) is 51.9 Å². The molecule has 1 aliphatic rings. The summed E-state index contributed by atoms with van der Waals surface area (Å²) in [4.78, 5) is 23.9. The number of rotatable bonds is 5. The van der Waals surface area contributed by atoms with E-state index in [0.29, 0.717) is 40.0 Å². The molecule has 34 heavy (non-hydrogen) atoms. The highest BCUT2D eigenvalue weighted by atomic mass is 35.5. The van der Waals surface area contributed by atoms with Gasteiger partial charge in [-0.15, -0.1) is 0 Å². The Morgan fingerprint density at radius 1 is 1.15 bits per heavy atom.